The average molecular weight is 542 g/mol. The van der Waals surface area contributed by atoms with Crippen LogP contribution in [-0.2, 0) is 22.4 Å². The van der Waals surface area contributed by atoms with Gasteiger partial charge < -0.3 is 31.2 Å². The number of nitrogens with one attached hydrogen (secondary N) is 3. The van der Waals surface area contributed by atoms with Crippen molar-refractivity contribution in [1.82, 2.24) is 20.6 Å². The van der Waals surface area contributed by atoms with Gasteiger partial charge in [0.2, 0.25) is 5.91 Å². The highest BCUT2D eigenvalue weighted by Crippen LogP contribution is 2.24. The molecule has 1 aromatic heterocycles. The number of carboxylic acid groups (broad SMARTS) is 1. The van der Waals surface area contributed by atoms with E-state index in [1.165, 1.54) is 24.7 Å². The fraction of sp³-hybridized carbons (Fsp3) is 0.333. The minimum Gasteiger partial charge on any atom is -0.491 e. The number of rotatable bonds is 13. The van der Waals surface area contributed by atoms with Crippen LogP contribution in [0.5, 0.6) is 5.75 Å². The van der Waals surface area contributed by atoms with E-state index in [0.29, 0.717) is 17.1 Å². The van der Waals surface area contributed by atoms with Crippen molar-refractivity contribution in [2.24, 2.45) is 11.7 Å². The zero-order chi connectivity index (χ0) is 27.7. The van der Waals surface area contributed by atoms with Gasteiger partial charge in [0.05, 0.1) is 11.9 Å². The summed E-state index contributed by atoms with van der Waals surface area (Å²) >= 11 is 6.15. The Morgan fingerprint density at radius 3 is 2.47 bits per heavy atom. The van der Waals surface area contributed by atoms with Crippen molar-refractivity contribution < 1.29 is 24.2 Å². The molecule has 3 aromatic rings. The molecule has 2 amide bonds. The van der Waals surface area contributed by atoms with Crippen molar-refractivity contribution in [3.8, 4) is 5.75 Å². The van der Waals surface area contributed by atoms with Gasteiger partial charge >= 0.3 is 5.97 Å². The van der Waals surface area contributed by atoms with E-state index in [2.05, 4.69) is 20.6 Å². The van der Waals surface area contributed by atoms with E-state index in [1.807, 2.05) is 30.3 Å². The number of nitrogens with two attached hydrogens (primary N) is 1. The third kappa shape index (κ3) is 8.32. The van der Waals surface area contributed by atoms with E-state index in [-0.39, 0.29) is 36.3 Å². The van der Waals surface area contributed by atoms with Gasteiger partial charge in [-0.1, -0.05) is 55.8 Å². The number of hydrogen-bond acceptors (Lipinski definition) is 6. The molecule has 202 valence electrons. The Kier molecular flexibility index (Phi) is 10.3. The van der Waals surface area contributed by atoms with Crippen LogP contribution in [0.15, 0.2) is 61.1 Å². The van der Waals surface area contributed by atoms with Crippen molar-refractivity contribution in [1.29, 1.82) is 0 Å². The largest absolute Gasteiger partial charge is 0.491 e. The quantitative estimate of drug-likeness (QED) is 0.222. The van der Waals surface area contributed by atoms with E-state index in [1.54, 1.807) is 19.9 Å². The van der Waals surface area contributed by atoms with Crippen LogP contribution in [0, 0.1) is 5.92 Å². The first-order valence-electron chi connectivity index (χ1n) is 12.2. The summed E-state index contributed by atoms with van der Waals surface area (Å²) in [7, 11) is 0. The molecule has 0 fully saturated rings. The minimum absolute atomic E-state index is 0.0121. The number of aromatic amines is 1. The third-order valence-corrected chi connectivity index (χ3v) is 6.05. The fourth-order valence-electron chi connectivity index (χ4n) is 3.81. The first-order valence-corrected chi connectivity index (χ1v) is 12.5. The van der Waals surface area contributed by atoms with Gasteiger partial charge in [0, 0.05) is 29.4 Å². The summed E-state index contributed by atoms with van der Waals surface area (Å²) in [6.07, 6.45) is 3.51. The summed E-state index contributed by atoms with van der Waals surface area (Å²) in [5, 5.41) is 15.2. The molecule has 0 aliphatic rings. The highest BCUT2D eigenvalue weighted by atomic mass is 35.5. The number of imidazole rings is 1. The van der Waals surface area contributed by atoms with Gasteiger partial charge in [0.1, 0.15) is 24.4 Å². The molecule has 2 aromatic carbocycles. The number of nitrogens with zero attached hydrogens (tertiary/aromatic N) is 1. The van der Waals surface area contributed by atoms with Gasteiger partial charge in [0.15, 0.2) is 0 Å². The maximum Gasteiger partial charge on any atom is 0.326 e. The van der Waals surface area contributed by atoms with Gasteiger partial charge in [-0.05, 0) is 36.1 Å². The summed E-state index contributed by atoms with van der Waals surface area (Å²) in [5.74, 6) is -2.51. The van der Waals surface area contributed by atoms with Gasteiger partial charge in [-0.15, -0.1) is 0 Å². The number of carbonyl (C=O) groups is 3. The number of aromatic nitrogens is 2. The van der Waals surface area contributed by atoms with E-state index in [9.17, 15) is 19.5 Å². The molecule has 10 nitrogen and oxygen atoms in total. The number of benzene rings is 2. The zero-order valence-electron chi connectivity index (χ0n) is 21.2. The van der Waals surface area contributed by atoms with Crippen LogP contribution in [0.1, 0.15) is 35.5 Å². The van der Waals surface area contributed by atoms with Crippen LogP contribution in [-0.4, -0.2) is 57.6 Å². The smallest absolute Gasteiger partial charge is 0.326 e. The standard InChI is InChI=1S/C27H32ClN5O5/c1-16(2)24(26(35)32-22(27(36)37)12-20-13-30-15-31-20)33-25(34)21-9-8-18(28)11-23(21)38-14-19(29)10-17-6-4-3-5-7-17/h3-9,11,13,15-16,19,22,24H,10,12,14,29H2,1-2H3,(H,30,31)(H,32,35)(H,33,34)(H,36,37)/t19-,22-,24-/m0/s1. The lowest BCUT2D eigenvalue weighted by atomic mass is 10.0. The summed E-state index contributed by atoms with van der Waals surface area (Å²) in [6, 6.07) is 11.7. The minimum atomic E-state index is -1.21. The first-order chi connectivity index (χ1) is 18.1. The molecular formula is C27H32ClN5O5. The Balaban J connectivity index is 1.68. The molecule has 0 bridgehead atoms. The molecule has 0 spiro atoms. The number of hydrogen-bond donors (Lipinski definition) is 5. The van der Waals surface area contributed by atoms with Crippen LogP contribution in [0.4, 0.5) is 0 Å². The lowest BCUT2D eigenvalue weighted by Crippen LogP contribution is -2.54. The monoisotopic (exact) mass is 541 g/mol. The van der Waals surface area contributed by atoms with Crippen LogP contribution in [0.2, 0.25) is 5.02 Å². The molecular weight excluding hydrogens is 510 g/mol. The first kappa shape index (κ1) is 28.7. The second-order valence-corrected chi connectivity index (χ2v) is 9.71. The third-order valence-electron chi connectivity index (χ3n) is 5.81. The number of halogens is 1. The molecule has 0 radical (unpaired) electrons. The summed E-state index contributed by atoms with van der Waals surface area (Å²) in [5.41, 5.74) is 8.02. The zero-order valence-corrected chi connectivity index (χ0v) is 21.9. The van der Waals surface area contributed by atoms with Crippen LogP contribution < -0.4 is 21.1 Å². The lowest BCUT2D eigenvalue weighted by Gasteiger charge is -2.24. The number of amides is 2. The van der Waals surface area contributed by atoms with Crippen molar-refractivity contribution in [3.05, 3.63) is 82.9 Å². The number of carbonyl (C=O) groups excluding carboxylic acids is 2. The van der Waals surface area contributed by atoms with Crippen molar-refractivity contribution in [2.45, 2.75) is 44.8 Å². The Hall–Kier alpha value is -3.89. The van der Waals surface area contributed by atoms with E-state index >= 15 is 0 Å². The summed E-state index contributed by atoms with van der Waals surface area (Å²) in [4.78, 5) is 44.7. The Morgan fingerprint density at radius 2 is 1.84 bits per heavy atom. The van der Waals surface area contributed by atoms with Gasteiger partial charge in [-0.25, -0.2) is 9.78 Å². The van der Waals surface area contributed by atoms with Gasteiger partial charge in [-0.2, -0.15) is 0 Å². The highest BCUT2D eigenvalue weighted by molar-refractivity contribution is 6.30. The maximum atomic E-state index is 13.2. The molecule has 38 heavy (non-hydrogen) atoms. The molecule has 0 saturated heterocycles. The Bertz CT molecular complexity index is 1220. The van der Waals surface area contributed by atoms with Gasteiger partial charge in [0.25, 0.3) is 5.91 Å². The molecule has 3 atom stereocenters. The number of carboxylic acids is 1. The van der Waals surface area contributed by atoms with Crippen LogP contribution in [0.25, 0.3) is 0 Å². The van der Waals surface area contributed by atoms with Crippen LogP contribution >= 0.6 is 11.6 Å². The van der Waals surface area contributed by atoms with Crippen molar-refractivity contribution in [2.75, 3.05) is 6.61 Å². The lowest BCUT2D eigenvalue weighted by molar-refractivity contribution is -0.142. The SMILES string of the molecule is CC(C)[C@H](NC(=O)c1ccc(Cl)cc1OC[C@@H](N)Cc1ccccc1)C(=O)N[C@@H](Cc1cnc[nH]1)C(=O)O. The normalized spacial score (nSPS) is 13.4. The van der Waals surface area contributed by atoms with Crippen molar-refractivity contribution >= 4 is 29.4 Å². The highest BCUT2D eigenvalue weighted by Gasteiger charge is 2.30. The van der Waals surface area contributed by atoms with Crippen LogP contribution in [0.3, 0.4) is 0 Å². The Labute approximate surface area is 225 Å². The van der Waals surface area contributed by atoms with E-state index in [0.717, 1.165) is 5.56 Å². The van der Waals surface area contributed by atoms with E-state index < -0.39 is 29.9 Å². The Morgan fingerprint density at radius 1 is 1.11 bits per heavy atom. The predicted octanol–water partition coefficient (Wildman–Crippen LogP) is 2.58. The molecule has 0 aliphatic carbocycles. The molecule has 1 heterocycles. The summed E-state index contributed by atoms with van der Waals surface area (Å²) < 4.78 is 5.87. The molecule has 0 saturated carbocycles. The molecule has 6 N–H and O–H groups in total. The summed E-state index contributed by atoms with van der Waals surface area (Å²) in [6.45, 7) is 3.63. The van der Waals surface area contributed by atoms with Gasteiger partial charge in [-0.3, -0.25) is 9.59 Å². The maximum absolute atomic E-state index is 13.2. The molecule has 3 rings (SSSR count). The average Bonchev–Trinajstić information content (AvgIpc) is 3.39. The molecule has 0 unspecified atom stereocenters. The molecule has 0 aliphatic heterocycles. The molecule has 11 heteroatoms. The predicted molar refractivity (Wildman–Crippen MR) is 143 cm³/mol. The fourth-order valence-corrected chi connectivity index (χ4v) is 3.97. The topological polar surface area (TPSA) is 159 Å². The number of H-pyrrole nitrogens is 1. The number of aliphatic carboxylic acids is 1. The second kappa shape index (κ2) is 13.6. The van der Waals surface area contributed by atoms with Crippen molar-refractivity contribution in [3.63, 3.8) is 0 Å². The second-order valence-electron chi connectivity index (χ2n) is 9.28. The number of ether oxygens (including phenoxy) is 1. The van der Waals surface area contributed by atoms with E-state index in [4.69, 9.17) is 22.1 Å².